The van der Waals surface area contributed by atoms with Crippen LogP contribution in [0.3, 0.4) is 0 Å². The number of hydrogen-bond donors (Lipinski definition) is 1. The first-order valence-electron chi connectivity index (χ1n) is 8.89. The third-order valence-corrected chi connectivity index (χ3v) is 4.58. The maximum atomic E-state index is 10.00. The Hall–Kier alpha value is -2.33. The molecule has 1 N–H and O–H groups in total. The molecule has 2 aromatic carbocycles. The Kier molecular flexibility index (Phi) is 5.39. The second kappa shape index (κ2) is 7.70. The standard InChI is InChI=1S/C21H26N2O2/c1-15-10-11-18(14-16(15)2)25-13-7-6-12-23-20-9-5-4-8-19(20)22-21(23)17(3)24/h4-5,8-11,14,17,24H,6-7,12-13H2,1-3H3. The van der Waals surface area contributed by atoms with Gasteiger partial charge in [0.05, 0.1) is 17.6 Å². The average Bonchev–Trinajstić information content (AvgIpc) is 2.97. The van der Waals surface area contributed by atoms with Crippen LogP contribution < -0.4 is 4.74 Å². The van der Waals surface area contributed by atoms with Crippen LogP contribution in [0.2, 0.25) is 0 Å². The van der Waals surface area contributed by atoms with Crippen molar-refractivity contribution < 1.29 is 9.84 Å². The van der Waals surface area contributed by atoms with Gasteiger partial charge in [-0.15, -0.1) is 0 Å². The summed E-state index contributed by atoms with van der Waals surface area (Å²) >= 11 is 0. The molecule has 0 bridgehead atoms. The normalized spacial score (nSPS) is 12.5. The van der Waals surface area contributed by atoms with Crippen LogP contribution in [0.25, 0.3) is 11.0 Å². The lowest BCUT2D eigenvalue weighted by atomic mass is 10.1. The smallest absolute Gasteiger partial charge is 0.138 e. The molecule has 1 unspecified atom stereocenters. The summed E-state index contributed by atoms with van der Waals surface area (Å²) in [4.78, 5) is 4.56. The molecule has 0 amide bonds. The molecule has 1 atom stereocenters. The lowest BCUT2D eigenvalue weighted by Gasteiger charge is -2.12. The van der Waals surface area contributed by atoms with E-state index in [4.69, 9.17) is 4.74 Å². The lowest BCUT2D eigenvalue weighted by Crippen LogP contribution is -2.08. The number of aliphatic hydroxyl groups is 1. The Balaban J connectivity index is 1.58. The van der Waals surface area contributed by atoms with Gasteiger partial charge in [0.2, 0.25) is 0 Å². The average molecular weight is 338 g/mol. The van der Waals surface area contributed by atoms with E-state index in [-0.39, 0.29) is 0 Å². The van der Waals surface area contributed by atoms with Crippen LogP contribution in [0.15, 0.2) is 42.5 Å². The van der Waals surface area contributed by atoms with Crippen molar-refractivity contribution >= 4 is 11.0 Å². The number of para-hydroxylation sites is 2. The van der Waals surface area contributed by atoms with Crippen LogP contribution in [0, 0.1) is 13.8 Å². The molecular weight excluding hydrogens is 312 g/mol. The summed E-state index contributed by atoms with van der Waals surface area (Å²) < 4.78 is 7.97. The summed E-state index contributed by atoms with van der Waals surface area (Å²) in [6, 6.07) is 14.2. The molecule has 3 rings (SSSR count). The minimum Gasteiger partial charge on any atom is -0.494 e. The molecule has 0 fully saturated rings. The summed E-state index contributed by atoms with van der Waals surface area (Å²) in [6.45, 7) is 7.49. The number of benzene rings is 2. The first-order valence-corrected chi connectivity index (χ1v) is 8.89. The lowest BCUT2D eigenvalue weighted by molar-refractivity contribution is 0.184. The van der Waals surface area contributed by atoms with Gasteiger partial charge < -0.3 is 14.4 Å². The summed E-state index contributed by atoms with van der Waals surface area (Å²) in [5.41, 5.74) is 4.55. The van der Waals surface area contributed by atoms with Crippen molar-refractivity contribution in [3.05, 3.63) is 59.4 Å². The molecule has 4 heteroatoms. The highest BCUT2D eigenvalue weighted by molar-refractivity contribution is 5.75. The Labute approximate surface area is 149 Å². The highest BCUT2D eigenvalue weighted by atomic mass is 16.5. The zero-order valence-corrected chi connectivity index (χ0v) is 15.2. The van der Waals surface area contributed by atoms with Crippen LogP contribution in [0.4, 0.5) is 0 Å². The van der Waals surface area contributed by atoms with Gasteiger partial charge in [-0.2, -0.15) is 0 Å². The van der Waals surface area contributed by atoms with Gasteiger partial charge in [0.15, 0.2) is 0 Å². The number of fused-ring (bicyclic) bond motifs is 1. The third kappa shape index (κ3) is 4.02. The molecule has 0 spiro atoms. The molecule has 0 aliphatic carbocycles. The Morgan fingerprint density at radius 1 is 1.08 bits per heavy atom. The van der Waals surface area contributed by atoms with Crippen LogP contribution in [0.5, 0.6) is 5.75 Å². The number of nitrogens with zero attached hydrogens (tertiary/aromatic N) is 2. The van der Waals surface area contributed by atoms with Crippen molar-refractivity contribution in [2.45, 2.75) is 46.3 Å². The number of unbranched alkanes of at least 4 members (excludes halogenated alkanes) is 1. The molecule has 0 saturated heterocycles. The SMILES string of the molecule is Cc1ccc(OCCCCn2c(C(C)O)nc3ccccc32)cc1C. The zero-order chi connectivity index (χ0) is 17.8. The molecule has 0 aliphatic heterocycles. The van der Waals surface area contributed by atoms with Crippen molar-refractivity contribution in [2.24, 2.45) is 0 Å². The quantitative estimate of drug-likeness (QED) is 0.642. The number of aryl methyl sites for hydroxylation is 3. The number of hydrogen-bond acceptors (Lipinski definition) is 3. The summed E-state index contributed by atoms with van der Waals surface area (Å²) in [6.07, 6.45) is 1.36. The molecule has 25 heavy (non-hydrogen) atoms. The predicted molar refractivity (Wildman–Crippen MR) is 101 cm³/mol. The van der Waals surface area contributed by atoms with Gasteiger partial charge in [-0.25, -0.2) is 4.98 Å². The molecule has 0 saturated carbocycles. The van der Waals surface area contributed by atoms with Crippen molar-refractivity contribution in [1.29, 1.82) is 0 Å². The van der Waals surface area contributed by atoms with E-state index in [1.807, 2.05) is 24.3 Å². The van der Waals surface area contributed by atoms with E-state index in [1.54, 1.807) is 6.92 Å². The summed E-state index contributed by atoms with van der Waals surface area (Å²) in [5.74, 6) is 1.66. The van der Waals surface area contributed by atoms with Gasteiger partial charge in [0.1, 0.15) is 17.7 Å². The molecule has 1 aromatic heterocycles. The van der Waals surface area contributed by atoms with Gasteiger partial charge in [0, 0.05) is 6.54 Å². The molecule has 4 nitrogen and oxygen atoms in total. The largest absolute Gasteiger partial charge is 0.494 e. The fourth-order valence-electron chi connectivity index (χ4n) is 3.01. The van der Waals surface area contributed by atoms with Crippen LogP contribution >= 0.6 is 0 Å². The maximum absolute atomic E-state index is 10.00. The van der Waals surface area contributed by atoms with Crippen molar-refractivity contribution in [2.75, 3.05) is 6.61 Å². The van der Waals surface area contributed by atoms with E-state index in [0.29, 0.717) is 6.61 Å². The van der Waals surface area contributed by atoms with Crippen molar-refractivity contribution in [3.8, 4) is 5.75 Å². The van der Waals surface area contributed by atoms with E-state index in [0.717, 1.165) is 42.0 Å². The van der Waals surface area contributed by atoms with Gasteiger partial charge in [0.25, 0.3) is 0 Å². The monoisotopic (exact) mass is 338 g/mol. The van der Waals surface area contributed by atoms with Crippen molar-refractivity contribution in [1.82, 2.24) is 9.55 Å². The second-order valence-electron chi connectivity index (χ2n) is 6.59. The van der Waals surface area contributed by atoms with E-state index >= 15 is 0 Å². The summed E-state index contributed by atoms with van der Waals surface area (Å²) in [5, 5.41) is 10.00. The van der Waals surface area contributed by atoms with Gasteiger partial charge in [-0.3, -0.25) is 0 Å². The molecule has 1 heterocycles. The van der Waals surface area contributed by atoms with Crippen molar-refractivity contribution in [3.63, 3.8) is 0 Å². The molecule has 3 aromatic rings. The molecule has 0 radical (unpaired) electrons. The van der Waals surface area contributed by atoms with E-state index in [9.17, 15) is 5.11 Å². The fraction of sp³-hybridized carbons (Fsp3) is 0.381. The molecular formula is C21H26N2O2. The van der Waals surface area contributed by atoms with Gasteiger partial charge in [-0.1, -0.05) is 18.2 Å². The van der Waals surface area contributed by atoms with E-state index in [1.165, 1.54) is 11.1 Å². The van der Waals surface area contributed by atoms with E-state index < -0.39 is 6.10 Å². The minimum atomic E-state index is -0.570. The topological polar surface area (TPSA) is 47.3 Å². The van der Waals surface area contributed by atoms with E-state index in [2.05, 4.69) is 41.6 Å². The number of rotatable bonds is 7. The van der Waals surface area contributed by atoms with Crippen LogP contribution in [-0.4, -0.2) is 21.3 Å². The zero-order valence-electron chi connectivity index (χ0n) is 15.2. The van der Waals surface area contributed by atoms with Crippen LogP contribution in [0.1, 0.15) is 42.8 Å². The highest BCUT2D eigenvalue weighted by Crippen LogP contribution is 2.21. The first kappa shape index (κ1) is 17.5. The number of imidazole rings is 1. The Bertz CT molecular complexity index is 852. The minimum absolute atomic E-state index is 0.570. The number of aromatic nitrogens is 2. The summed E-state index contributed by atoms with van der Waals surface area (Å²) in [7, 11) is 0. The fourth-order valence-corrected chi connectivity index (χ4v) is 3.01. The van der Waals surface area contributed by atoms with Gasteiger partial charge >= 0.3 is 0 Å². The van der Waals surface area contributed by atoms with Crippen LogP contribution in [-0.2, 0) is 6.54 Å². The Morgan fingerprint density at radius 2 is 1.88 bits per heavy atom. The Morgan fingerprint density at radius 3 is 2.64 bits per heavy atom. The number of ether oxygens (including phenoxy) is 1. The van der Waals surface area contributed by atoms with Gasteiger partial charge in [-0.05, 0) is 69.0 Å². The predicted octanol–water partition coefficient (Wildman–Crippen LogP) is 4.57. The number of aliphatic hydroxyl groups excluding tert-OH is 1. The molecule has 132 valence electrons. The maximum Gasteiger partial charge on any atom is 0.138 e. The highest BCUT2D eigenvalue weighted by Gasteiger charge is 2.13. The molecule has 0 aliphatic rings. The second-order valence-corrected chi connectivity index (χ2v) is 6.59. The third-order valence-electron chi connectivity index (χ3n) is 4.58. The first-order chi connectivity index (χ1) is 12.1.